The van der Waals surface area contributed by atoms with Crippen LogP contribution in [0.2, 0.25) is 0 Å². The highest BCUT2D eigenvalue weighted by Gasteiger charge is 2.33. The summed E-state index contributed by atoms with van der Waals surface area (Å²) in [6.07, 6.45) is -4.27. The summed E-state index contributed by atoms with van der Waals surface area (Å²) in [6, 6.07) is 2.62. The molecule has 0 aliphatic heterocycles. The minimum atomic E-state index is -4.27. The summed E-state index contributed by atoms with van der Waals surface area (Å²) >= 11 is 4.76. The summed E-state index contributed by atoms with van der Waals surface area (Å²) in [5.74, 6) is 0. The zero-order chi connectivity index (χ0) is 10.2. The van der Waals surface area contributed by atoms with Gasteiger partial charge in [-0.25, -0.2) is 0 Å². The Balaban J connectivity index is 3.32. The van der Waals surface area contributed by atoms with Crippen molar-refractivity contribution < 1.29 is 13.2 Å². The number of alkyl halides is 3. The molecule has 0 aromatic heterocycles. The number of hydrogen-bond acceptors (Lipinski definition) is 0. The van der Waals surface area contributed by atoms with Gasteiger partial charge in [0.25, 0.3) is 0 Å². The van der Waals surface area contributed by atoms with E-state index in [1.165, 1.54) is 6.07 Å². The maximum Gasteiger partial charge on any atom is 0.417 e. The van der Waals surface area contributed by atoms with Crippen molar-refractivity contribution in [3.05, 3.63) is 31.3 Å². The number of aryl methyl sites for hydroxylation is 1. The van der Waals surface area contributed by atoms with Gasteiger partial charge in [0, 0.05) is 8.04 Å². The van der Waals surface area contributed by atoms with Gasteiger partial charge in [0.15, 0.2) is 0 Å². The molecule has 5 heteroatoms. The molecular formula is C8H5BrF3I. The Morgan fingerprint density at radius 1 is 1.31 bits per heavy atom. The molecule has 72 valence electrons. The van der Waals surface area contributed by atoms with E-state index in [0.29, 0.717) is 4.47 Å². The van der Waals surface area contributed by atoms with E-state index >= 15 is 0 Å². The Morgan fingerprint density at radius 3 is 2.31 bits per heavy atom. The van der Waals surface area contributed by atoms with Crippen molar-refractivity contribution >= 4 is 38.5 Å². The second-order valence-electron chi connectivity index (χ2n) is 2.58. The Bertz CT molecular complexity index is 333. The highest BCUT2D eigenvalue weighted by molar-refractivity contribution is 14.1. The first-order chi connectivity index (χ1) is 5.82. The lowest BCUT2D eigenvalue weighted by molar-refractivity contribution is -0.138. The molecule has 0 fully saturated rings. The number of rotatable bonds is 0. The van der Waals surface area contributed by atoms with Gasteiger partial charge in [-0.15, -0.1) is 0 Å². The SMILES string of the molecule is Cc1cc(I)c(C(F)(F)F)cc1Br. The zero-order valence-electron chi connectivity index (χ0n) is 6.54. The molecule has 0 bridgehead atoms. The van der Waals surface area contributed by atoms with Gasteiger partial charge in [-0.05, 0) is 47.2 Å². The molecule has 0 aliphatic rings. The summed E-state index contributed by atoms with van der Waals surface area (Å²) in [5, 5.41) is 0. The van der Waals surface area contributed by atoms with E-state index in [1.807, 2.05) is 0 Å². The summed E-state index contributed by atoms with van der Waals surface area (Å²) in [4.78, 5) is 0. The van der Waals surface area contributed by atoms with Gasteiger partial charge in [-0.2, -0.15) is 13.2 Å². The molecule has 0 radical (unpaired) electrons. The summed E-state index contributed by atoms with van der Waals surface area (Å²) < 4.78 is 37.7. The monoisotopic (exact) mass is 364 g/mol. The van der Waals surface area contributed by atoms with E-state index in [4.69, 9.17) is 0 Å². The lowest BCUT2D eigenvalue weighted by atomic mass is 10.1. The second kappa shape index (κ2) is 3.76. The quantitative estimate of drug-likeness (QED) is 0.599. The van der Waals surface area contributed by atoms with Crippen molar-refractivity contribution in [1.82, 2.24) is 0 Å². The Morgan fingerprint density at radius 2 is 1.85 bits per heavy atom. The van der Waals surface area contributed by atoms with Crippen molar-refractivity contribution in [2.75, 3.05) is 0 Å². The predicted molar refractivity (Wildman–Crippen MR) is 56.6 cm³/mol. The first-order valence-corrected chi connectivity index (χ1v) is 5.22. The molecule has 1 aromatic carbocycles. The van der Waals surface area contributed by atoms with Crippen molar-refractivity contribution in [3.8, 4) is 0 Å². The van der Waals surface area contributed by atoms with Crippen LogP contribution in [-0.2, 0) is 6.18 Å². The fraction of sp³-hybridized carbons (Fsp3) is 0.250. The lowest BCUT2D eigenvalue weighted by Gasteiger charge is -2.10. The molecule has 0 aliphatic carbocycles. The van der Waals surface area contributed by atoms with Gasteiger partial charge < -0.3 is 0 Å². The van der Waals surface area contributed by atoms with Gasteiger partial charge in [-0.1, -0.05) is 15.9 Å². The van der Waals surface area contributed by atoms with Gasteiger partial charge >= 0.3 is 6.18 Å². The van der Waals surface area contributed by atoms with E-state index in [0.717, 1.165) is 11.6 Å². The van der Waals surface area contributed by atoms with Gasteiger partial charge in [-0.3, -0.25) is 0 Å². The third kappa shape index (κ3) is 2.59. The van der Waals surface area contributed by atoms with Crippen molar-refractivity contribution in [3.63, 3.8) is 0 Å². The molecule has 0 amide bonds. The Kier molecular flexibility index (Phi) is 3.27. The highest BCUT2D eigenvalue weighted by Crippen LogP contribution is 2.35. The molecule has 0 saturated heterocycles. The van der Waals surface area contributed by atoms with Crippen LogP contribution in [0.3, 0.4) is 0 Å². The van der Waals surface area contributed by atoms with E-state index in [2.05, 4.69) is 15.9 Å². The van der Waals surface area contributed by atoms with Crippen LogP contribution in [0.4, 0.5) is 13.2 Å². The fourth-order valence-electron chi connectivity index (χ4n) is 0.864. The van der Waals surface area contributed by atoms with Crippen molar-refractivity contribution in [1.29, 1.82) is 0 Å². The average Bonchev–Trinajstić information content (AvgIpc) is 1.94. The first kappa shape index (κ1) is 11.3. The van der Waals surface area contributed by atoms with Gasteiger partial charge in [0.1, 0.15) is 0 Å². The second-order valence-corrected chi connectivity index (χ2v) is 4.60. The van der Waals surface area contributed by atoms with Gasteiger partial charge in [0.2, 0.25) is 0 Å². The van der Waals surface area contributed by atoms with Crippen LogP contribution in [0.15, 0.2) is 16.6 Å². The van der Waals surface area contributed by atoms with E-state index < -0.39 is 11.7 Å². The van der Waals surface area contributed by atoms with Crippen LogP contribution < -0.4 is 0 Å². The van der Waals surface area contributed by atoms with Crippen LogP contribution >= 0.6 is 38.5 Å². The van der Waals surface area contributed by atoms with Crippen LogP contribution in [0.5, 0.6) is 0 Å². The Labute approximate surface area is 95.8 Å². The first-order valence-electron chi connectivity index (χ1n) is 3.35. The van der Waals surface area contributed by atoms with Crippen molar-refractivity contribution in [2.24, 2.45) is 0 Å². The molecule has 0 unspecified atom stereocenters. The minimum absolute atomic E-state index is 0.228. The molecule has 0 nitrogen and oxygen atoms in total. The smallest absolute Gasteiger partial charge is 0.166 e. The van der Waals surface area contributed by atoms with E-state index in [1.54, 1.807) is 29.5 Å². The zero-order valence-corrected chi connectivity index (χ0v) is 10.3. The third-order valence-corrected chi connectivity index (χ3v) is 3.30. The van der Waals surface area contributed by atoms with Gasteiger partial charge in [0.05, 0.1) is 5.56 Å². The summed E-state index contributed by atoms with van der Waals surface area (Å²) in [6.45, 7) is 1.76. The maximum atomic E-state index is 12.3. The molecule has 1 aromatic rings. The van der Waals surface area contributed by atoms with Crippen molar-refractivity contribution in [2.45, 2.75) is 13.1 Å². The highest BCUT2D eigenvalue weighted by atomic mass is 127. The molecule has 0 atom stereocenters. The van der Waals surface area contributed by atoms with Crippen LogP contribution in [-0.4, -0.2) is 0 Å². The lowest BCUT2D eigenvalue weighted by Crippen LogP contribution is -2.07. The normalized spacial score (nSPS) is 11.8. The summed E-state index contributed by atoms with van der Waals surface area (Å²) in [5.41, 5.74) is 0.211. The van der Waals surface area contributed by atoms with Crippen LogP contribution in [0.25, 0.3) is 0 Å². The largest absolute Gasteiger partial charge is 0.417 e. The maximum absolute atomic E-state index is 12.3. The van der Waals surface area contributed by atoms with E-state index in [9.17, 15) is 13.2 Å². The van der Waals surface area contributed by atoms with Crippen LogP contribution in [0.1, 0.15) is 11.1 Å². The molecule has 13 heavy (non-hydrogen) atoms. The fourth-order valence-corrected chi connectivity index (χ4v) is 2.14. The average molecular weight is 365 g/mol. The van der Waals surface area contributed by atoms with Crippen LogP contribution in [0, 0.1) is 10.5 Å². The predicted octanol–water partition coefficient (Wildman–Crippen LogP) is 4.38. The molecular weight excluding hydrogens is 360 g/mol. The molecule has 0 spiro atoms. The topological polar surface area (TPSA) is 0 Å². The number of halogens is 5. The Hall–Kier alpha value is 0.220. The standard InChI is InChI=1S/C8H5BrF3I/c1-4-2-7(13)5(3-6(4)9)8(10,11)12/h2-3H,1H3. The third-order valence-electron chi connectivity index (χ3n) is 1.55. The summed E-state index contributed by atoms with van der Waals surface area (Å²) in [7, 11) is 0. The molecule has 0 N–H and O–H groups in total. The van der Waals surface area contributed by atoms with E-state index in [-0.39, 0.29) is 3.57 Å². The minimum Gasteiger partial charge on any atom is -0.166 e. The molecule has 0 saturated carbocycles. The molecule has 0 heterocycles. The number of hydrogen-bond donors (Lipinski definition) is 0. The molecule has 1 rings (SSSR count). The number of benzene rings is 1.